The number of methoxy groups -OCH3 is 1. The van der Waals surface area contributed by atoms with Gasteiger partial charge in [-0.15, -0.1) is 0 Å². The van der Waals surface area contributed by atoms with E-state index in [2.05, 4.69) is 32.0 Å². The Morgan fingerprint density at radius 2 is 1.95 bits per heavy atom. The first-order valence-corrected chi connectivity index (χ1v) is 7.49. The maximum atomic E-state index is 5.32. The van der Waals surface area contributed by atoms with Crippen LogP contribution in [-0.4, -0.2) is 39.6 Å². The van der Waals surface area contributed by atoms with Gasteiger partial charge in [0.2, 0.25) is 11.9 Å². The summed E-state index contributed by atoms with van der Waals surface area (Å²) < 4.78 is 5.31. The van der Waals surface area contributed by atoms with Crippen LogP contribution >= 0.6 is 11.8 Å². The number of nitrogens with one attached hydrogen (secondary N) is 2. The molecule has 0 radical (unpaired) electrons. The van der Waals surface area contributed by atoms with E-state index >= 15 is 0 Å². The van der Waals surface area contributed by atoms with E-state index in [1.165, 1.54) is 32.8 Å². The molecule has 19 heavy (non-hydrogen) atoms. The third-order valence-electron chi connectivity index (χ3n) is 3.44. The number of thioether (sulfide) groups is 1. The molecule has 1 aromatic heterocycles. The van der Waals surface area contributed by atoms with Crippen molar-refractivity contribution in [2.45, 2.75) is 30.4 Å². The highest BCUT2D eigenvalue weighted by Gasteiger charge is 2.32. The van der Waals surface area contributed by atoms with Gasteiger partial charge in [-0.2, -0.15) is 26.7 Å². The second kappa shape index (κ2) is 6.25. The molecule has 8 heteroatoms. The average Bonchev–Trinajstić information content (AvgIpc) is 2.94. The van der Waals surface area contributed by atoms with E-state index in [4.69, 9.17) is 10.6 Å². The fourth-order valence-corrected chi connectivity index (χ4v) is 3.22. The third-order valence-corrected chi connectivity index (χ3v) is 4.86. The highest BCUT2D eigenvalue weighted by atomic mass is 32.2. The zero-order chi connectivity index (χ0) is 13.7. The number of ether oxygens (including phenoxy) is 1. The number of nitrogens with zero attached hydrogens (tertiary/aromatic N) is 3. The van der Waals surface area contributed by atoms with Crippen molar-refractivity contribution in [3.8, 4) is 6.01 Å². The van der Waals surface area contributed by atoms with E-state index in [0.29, 0.717) is 11.9 Å². The second-order valence-corrected chi connectivity index (χ2v) is 5.84. The number of nitrogens with two attached hydrogens (primary N) is 1. The van der Waals surface area contributed by atoms with Crippen LogP contribution in [0, 0.1) is 0 Å². The smallest absolute Gasteiger partial charge is 0.322 e. The SMILES string of the molecule is COc1nc(NN)nc(NCC2(SC)CCCC2)n1. The maximum Gasteiger partial charge on any atom is 0.322 e. The van der Waals surface area contributed by atoms with Crippen molar-refractivity contribution in [2.75, 3.05) is 30.7 Å². The van der Waals surface area contributed by atoms with Gasteiger partial charge in [0, 0.05) is 11.3 Å². The predicted octanol–water partition coefficient (Wildman–Crippen LogP) is 1.25. The van der Waals surface area contributed by atoms with Crippen LogP contribution in [0.1, 0.15) is 25.7 Å². The molecule has 2 rings (SSSR count). The molecule has 0 aromatic carbocycles. The molecular weight excluding hydrogens is 264 g/mol. The summed E-state index contributed by atoms with van der Waals surface area (Å²) in [6, 6.07) is 0.245. The Hall–Kier alpha value is -1.28. The largest absolute Gasteiger partial charge is 0.467 e. The second-order valence-electron chi connectivity index (χ2n) is 4.56. The fraction of sp³-hybridized carbons (Fsp3) is 0.727. The standard InChI is InChI=1S/C11H20N6OS/c1-18-10-15-8(14-9(16-10)17-12)13-7-11(19-2)5-3-4-6-11/h3-7,12H2,1-2H3,(H2,13,14,15,16,17). The van der Waals surface area contributed by atoms with E-state index < -0.39 is 0 Å². The molecule has 106 valence electrons. The minimum absolute atomic E-state index is 0.245. The summed E-state index contributed by atoms with van der Waals surface area (Å²) in [5, 5.41) is 3.27. The van der Waals surface area contributed by atoms with Gasteiger partial charge in [-0.25, -0.2) is 5.84 Å². The quantitative estimate of drug-likeness (QED) is 0.530. The Morgan fingerprint density at radius 3 is 2.53 bits per heavy atom. The molecule has 0 bridgehead atoms. The summed E-state index contributed by atoms with van der Waals surface area (Å²) in [7, 11) is 1.51. The molecule has 0 saturated heterocycles. The van der Waals surface area contributed by atoms with Crippen LogP contribution in [0.15, 0.2) is 0 Å². The van der Waals surface area contributed by atoms with E-state index in [1.54, 1.807) is 0 Å². The number of hydrazine groups is 1. The molecule has 1 aromatic rings. The van der Waals surface area contributed by atoms with E-state index in [-0.39, 0.29) is 10.8 Å². The van der Waals surface area contributed by atoms with Gasteiger partial charge in [0.05, 0.1) is 7.11 Å². The van der Waals surface area contributed by atoms with Crippen molar-refractivity contribution in [2.24, 2.45) is 5.84 Å². The molecule has 1 heterocycles. The summed E-state index contributed by atoms with van der Waals surface area (Å²) in [5.41, 5.74) is 2.41. The zero-order valence-corrected chi connectivity index (χ0v) is 12.1. The van der Waals surface area contributed by atoms with Crippen LogP contribution in [0.2, 0.25) is 0 Å². The van der Waals surface area contributed by atoms with Gasteiger partial charge in [-0.1, -0.05) is 12.8 Å². The fourth-order valence-electron chi connectivity index (χ4n) is 2.30. The lowest BCUT2D eigenvalue weighted by molar-refractivity contribution is 0.379. The minimum Gasteiger partial charge on any atom is -0.467 e. The molecule has 1 aliphatic rings. The first kappa shape index (κ1) is 14.1. The molecule has 0 unspecified atom stereocenters. The maximum absolute atomic E-state index is 5.32. The van der Waals surface area contributed by atoms with Gasteiger partial charge in [0.1, 0.15) is 0 Å². The number of hydrogen-bond acceptors (Lipinski definition) is 8. The highest BCUT2D eigenvalue weighted by molar-refractivity contribution is 8.00. The van der Waals surface area contributed by atoms with Gasteiger partial charge in [0.15, 0.2) is 0 Å². The monoisotopic (exact) mass is 284 g/mol. The Labute approximate surface area is 117 Å². The molecule has 0 amide bonds. The molecular formula is C11H20N6OS. The molecule has 1 fully saturated rings. The molecule has 1 aliphatic carbocycles. The predicted molar refractivity (Wildman–Crippen MR) is 77.4 cm³/mol. The molecule has 0 aliphatic heterocycles. The topological polar surface area (TPSA) is 98.0 Å². The van der Waals surface area contributed by atoms with Crippen LogP contribution in [0.5, 0.6) is 6.01 Å². The van der Waals surface area contributed by atoms with Gasteiger partial charge in [-0.3, -0.25) is 5.43 Å². The number of nitrogen functional groups attached to an aromatic ring is 1. The summed E-state index contributed by atoms with van der Waals surface area (Å²) in [6.07, 6.45) is 7.20. The average molecular weight is 284 g/mol. The number of rotatable bonds is 6. The molecule has 0 spiro atoms. The summed E-state index contributed by atoms with van der Waals surface area (Å²) >= 11 is 1.91. The first-order valence-electron chi connectivity index (χ1n) is 6.27. The van der Waals surface area contributed by atoms with Crippen LogP contribution in [-0.2, 0) is 0 Å². The minimum atomic E-state index is 0.245. The van der Waals surface area contributed by atoms with E-state index in [0.717, 1.165) is 6.54 Å². The highest BCUT2D eigenvalue weighted by Crippen LogP contribution is 2.40. The van der Waals surface area contributed by atoms with E-state index in [9.17, 15) is 0 Å². The summed E-state index contributed by atoms with van der Waals surface area (Å²) in [6.45, 7) is 0.839. The van der Waals surface area contributed by atoms with Gasteiger partial charge < -0.3 is 10.1 Å². The first-order chi connectivity index (χ1) is 9.21. The zero-order valence-electron chi connectivity index (χ0n) is 11.3. The Kier molecular flexibility index (Phi) is 4.65. The van der Waals surface area contributed by atoms with Crippen molar-refractivity contribution < 1.29 is 4.74 Å². The van der Waals surface area contributed by atoms with Crippen molar-refractivity contribution in [1.82, 2.24) is 15.0 Å². The third kappa shape index (κ3) is 3.38. The Balaban J connectivity index is 2.06. The van der Waals surface area contributed by atoms with Crippen molar-refractivity contribution in [3.63, 3.8) is 0 Å². The van der Waals surface area contributed by atoms with Crippen LogP contribution in [0.25, 0.3) is 0 Å². The lowest BCUT2D eigenvalue weighted by Crippen LogP contribution is -2.30. The van der Waals surface area contributed by atoms with Crippen molar-refractivity contribution >= 4 is 23.7 Å². The van der Waals surface area contributed by atoms with Crippen LogP contribution in [0.4, 0.5) is 11.9 Å². The molecule has 7 nitrogen and oxygen atoms in total. The molecule has 0 atom stereocenters. The Bertz CT molecular complexity index is 401. The lowest BCUT2D eigenvalue weighted by Gasteiger charge is -2.26. The van der Waals surface area contributed by atoms with Gasteiger partial charge in [0.25, 0.3) is 0 Å². The Morgan fingerprint density at radius 1 is 1.26 bits per heavy atom. The number of hydrogen-bond donors (Lipinski definition) is 3. The van der Waals surface area contributed by atoms with Crippen molar-refractivity contribution in [1.29, 1.82) is 0 Å². The molecule has 1 saturated carbocycles. The lowest BCUT2D eigenvalue weighted by atomic mass is 10.1. The van der Waals surface area contributed by atoms with Gasteiger partial charge >= 0.3 is 6.01 Å². The normalized spacial score (nSPS) is 17.2. The van der Waals surface area contributed by atoms with Crippen LogP contribution < -0.4 is 21.3 Å². The summed E-state index contributed by atoms with van der Waals surface area (Å²) in [4.78, 5) is 12.3. The number of aromatic nitrogens is 3. The molecule has 4 N–H and O–H groups in total. The summed E-state index contributed by atoms with van der Waals surface area (Å²) in [5.74, 6) is 6.10. The van der Waals surface area contributed by atoms with Crippen LogP contribution in [0.3, 0.4) is 0 Å². The van der Waals surface area contributed by atoms with Crippen molar-refractivity contribution in [3.05, 3.63) is 0 Å². The van der Waals surface area contributed by atoms with E-state index in [1.807, 2.05) is 11.8 Å². The number of anilines is 2. The van der Waals surface area contributed by atoms with Gasteiger partial charge in [-0.05, 0) is 19.1 Å².